The lowest BCUT2D eigenvalue weighted by Gasteiger charge is -2.22. The second-order valence-electron chi connectivity index (χ2n) is 9.67. The van der Waals surface area contributed by atoms with Crippen LogP contribution in [0.3, 0.4) is 0 Å². The maximum Gasteiger partial charge on any atom is 0.327 e. The van der Waals surface area contributed by atoms with Crippen LogP contribution in [0.25, 0.3) is 0 Å². The standard InChI is InChI=1S/C24H51N.C6H10O2/c1-4-7-10-13-16-19-22-25(23-20-17-14-11-8-5-2)24-21-18-15-12-9-6-3;1-2-3-4-5-6(7)8/h4-24H2,1-3H3;4-5H,2-3H2,1H3,(H,7,8). The van der Waals surface area contributed by atoms with Gasteiger partial charge in [-0.3, -0.25) is 0 Å². The van der Waals surface area contributed by atoms with Gasteiger partial charge >= 0.3 is 5.97 Å². The van der Waals surface area contributed by atoms with Crippen molar-refractivity contribution in [2.75, 3.05) is 19.6 Å². The Balaban J connectivity index is 0. The molecule has 0 aliphatic heterocycles. The van der Waals surface area contributed by atoms with E-state index in [9.17, 15) is 4.79 Å². The molecule has 1 N–H and O–H groups in total. The predicted octanol–water partition coefficient (Wildman–Crippen LogP) is 9.80. The normalized spacial score (nSPS) is 11.2. The number of rotatable bonds is 24. The van der Waals surface area contributed by atoms with Crippen LogP contribution < -0.4 is 0 Å². The Morgan fingerprint density at radius 2 is 0.879 bits per heavy atom. The lowest BCUT2D eigenvalue weighted by atomic mass is 10.1. The van der Waals surface area contributed by atoms with Gasteiger partial charge in [0.25, 0.3) is 0 Å². The van der Waals surface area contributed by atoms with E-state index in [0.29, 0.717) is 0 Å². The number of aliphatic carboxylic acids is 1. The highest BCUT2D eigenvalue weighted by atomic mass is 16.4. The first-order chi connectivity index (χ1) is 16.1. The maximum atomic E-state index is 9.79. The molecule has 198 valence electrons. The molecule has 0 aliphatic rings. The van der Waals surface area contributed by atoms with Crippen molar-refractivity contribution in [2.24, 2.45) is 0 Å². The topological polar surface area (TPSA) is 40.5 Å². The smallest absolute Gasteiger partial charge is 0.327 e. The Labute approximate surface area is 208 Å². The van der Waals surface area contributed by atoms with Crippen molar-refractivity contribution in [3.63, 3.8) is 0 Å². The molecule has 33 heavy (non-hydrogen) atoms. The van der Waals surface area contributed by atoms with Gasteiger partial charge in [0.1, 0.15) is 0 Å². The van der Waals surface area contributed by atoms with E-state index >= 15 is 0 Å². The molecule has 0 spiro atoms. The van der Waals surface area contributed by atoms with E-state index in [2.05, 4.69) is 25.7 Å². The fraction of sp³-hybridized carbons (Fsp3) is 0.900. The van der Waals surface area contributed by atoms with Crippen LogP contribution in [0, 0.1) is 0 Å². The van der Waals surface area contributed by atoms with E-state index in [-0.39, 0.29) is 0 Å². The van der Waals surface area contributed by atoms with Crippen LogP contribution in [0.1, 0.15) is 156 Å². The minimum atomic E-state index is -0.863. The number of hydrogen-bond donors (Lipinski definition) is 1. The average molecular weight is 468 g/mol. The van der Waals surface area contributed by atoms with E-state index in [4.69, 9.17) is 5.11 Å². The van der Waals surface area contributed by atoms with Gasteiger partial charge < -0.3 is 10.0 Å². The first-order valence-electron chi connectivity index (χ1n) is 14.7. The van der Waals surface area contributed by atoms with Crippen LogP contribution in [0.4, 0.5) is 0 Å². The van der Waals surface area contributed by atoms with Crippen LogP contribution in [-0.4, -0.2) is 35.6 Å². The van der Waals surface area contributed by atoms with E-state index in [1.165, 1.54) is 141 Å². The van der Waals surface area contributed by atoms with Gasteiger partial charge in [0.15, 0.2) is 0 Å². The van der Waals surface area contributed by atoms with Crippen LogP contribution in [0.15, 0.2) is 12.2 Å². The average Bonchev–Trinajstić information content (AvgIpc) is 2.80. The van der Waals surface area contributed by atoms with Crippen molar-refractivity contribution in [2.45, 2.75) is 156 Å². The summed E-state index contributed by atoms with van der Waals surface area (Å²) in [6, 6.07) is 0. The molecule has 3 heteroatoms. The van der Waals surface area contributed by atoms with Gasteiger partial charge in [-0.1, -0.05) is 137 Å². The second kappa shape index (κ2) is 31.2. The van der Waals surface area contributed by atoms with Gasteiger partial charge in [-0.2, -0.15) is 0 Å². The van der Waals surface area contributed by atoms with Crippen molar-refractivity contribution in [1.29, 1.82) is 0 Å². The lowest BCUT2D eigenvalue weighted by Crippen LogP contribution is -2.27. The summed E-state index contributed by atoms with van der Waals surface area (Å²) in [5, 5.41) is 8.05. The fourth-order valence-electron chi connectivity index (χ4n) is 4.03. The molecule has 0 atom stereocenters. The summed E-state index contributed by atoms with van der Waals surface area (Å²) >= 11 is 0. The highest BCUT2D eigenvalue weighted by Crippen LogP contribution is 2.11. The number of allylic oxidation sites excluding steroid dienone is 1. The quantitative estimate of drug-likeness (QED) is 0.113. The molecule has 0 aliphatic carbocycles. The molecule has 0 unspecified atom stereocenters. The molecule has 0 radical (unpaired) electrons. The zero-order valence-corrected chi connectivity index (χ0v) is 23.2. The van der Waals surface area contributed by atoms with Gasteiger partial charge in [0.2, 0.25) is 0 Å². The first-order valence-corrected chi connectivity index (χ1v) is 14.7. The van der Waals surface area contributed by atoms with Crippen LogP contribution in [0.2, 0.25) is 0 Å². The Bertz CT molecular complexity index is 357. The molecule has 0 fully saturated rings. The summed E-state index contributed by atoms with van der Waals surface area (Å²) in [4.78, 5) is 12.6. The Hall–Kier alpha value is -0.830. The highest BCUT2D eigenvalue weighted by Gasteiger charge is 2.05. The van der Waals surface area contributed by atoms with Crippen molar-refractivity contribution in [1.82, 2.24) is 4.90 Å². The minimum Gasteiger partial charge on any atom is -0.478 e. The fourth-order valence-corrected chi connectivity index (χ4v) is 4.03. The van der Waals surface area contributed by atoms with E-state index in [0.717, 1.165) is 12.8 Å². The molecule has 0 bridgehead atoms. The van der Waals surface area contributed by atoms with E-state index in [1.54, 1.807) is 6.08 Å². The zero-order chi connectivity index (χ0) is 24.8. The number of hydrogen-bond acceptors (Lipinski definition) is 2. The Morgan fingerprint density at radius 1 is 0.545 bits per heavy atom. The molecule has 0 saturated heterocycles. The summed E-state index contributed by atoms with van der Waals surface area (Å²) in [6.07, 6.45) is 30.4. The number of carboxylic acids is 1. The summed E-state index contributed by atoms with van der Waals surface area (Å²) in [5.41, 5.74) is 0. The molecule has 0 aromatic heterocycles. The van der Waals surface area contributed by atoms with Crippen molar-refractivity contribution < 1.29 is 9.90 Å². The monoisotopic (exact) mass is 467 g/mol. The van der Waals surface area contributed by atoms with Gasteiger partial charge in [-0.15, -0.1) is 0 Å². The molecule has 0 saturated carbocycles. The molecule has 0 aromatic carbocycles. The highest BCUT2D eigenvalue weighted by molar-refractivity contribution is 5.79. The molecule has 0 amide bonds. The Morgan fingerprint density at radius 3 is 1.18 bits per heavy atom. The van der Waals surface area contributed by atoms with Crippen LogP contribution >= 0.6 is 0 Å². The number of nitrogens with zero attached hydrogens (tertiary/aromatic N) is 1. The van der Waals surface area contributed by atoms with E-state index < -0.39 is 5.97 Å². The van der Waals surface area contributed by atoms with Crippen molar-refractivity contribution >= 4 is 5.97 Å². The molecule has 0 heterocycles. The zero-order valence-electron chi connectivity index (χ0n) is 23.2. The number of unbranched alkanes of at least 4 members (excludes halogenated alkanes) is 16. The van der Waals surface area contributed by atoms with Gasteiger partial charge in [0, 0.05) is 6.08 Å². The molecule has 3 nitrogen and oxygen atoms in total. The number of carboxylic acid groups (broad SMARTS) is 1. The SMILES string of the molecule is CCCC=CC(=O)O.CCCCCCCCN(CCCCCCCC)CCCCCCCC. The third-order valence-electron chi connectivity index (χ3n) is 6.20. The summed E-state index contributed by atoms with van der Waals surface area (Å²) in [6.45, 7) is 13.0. The third kappa shape index (κ3) is 33.4. The van der Waals surface area contributed by atoms with Gasteiger partial charge in [-0.25, -0.2) is 4.79 Å². The van der Waals surface area contributed by atoms with Crippen LogP contribution in [-0.2, 0) is 4.79 Å². The number of carbonyl (C=O) groups is 1. The maximum absolute atomic E-state index is 9.79. The van der Waals surface area contributed by atoms with E-state index in [1.807, 2.05) is 6.92 Å². The van der Waals surface area contributed by atoms with Crippen molar-refractivity contribution in [3.05, 3.63) is 12.2 Å². The summed E-state index contributed by atoms with van der Waals surface area (Å²) in [5.74, 6) is -0.863. The van der Waals surface area contributed by atoms with Gasteiger partial charge in [0.05, 0.1) is 0 Å². The van der Waals surface area contributed by atoms with Crippen LogP contribution in [0.5, 0.6) is 0 Å². The summed E-state index contributed by atoms with van der Waals surface area (Å²) < 4.78 is 0. The lowest BCUT2D eigenvalue weighted by molar-refractivity contribution is -0.131. The largest absolute Gasteiger partial charge is 0.478 e. The Kier molecular flexibility index (Phi) is 32.4. The van der Waals surface area contributed by atoms with Gasteiger partial charge in [-0.05, 0) is 45.3 Å². The minimum absolute atomic E-state index is 0.853. The molecular weight excluding hydrogens is 406 g/mol. The molecule has 0 rings (SSSR count). The molecule has 0 aromatic rings. The molecular formula is C30H61NO2. The summed E-state index contributed by atoms with van der Waals surface area (Å²) in [7, 11) is 0. The van der Waals surface area contributed by atoms with Crippen molar-refractivity contribution in [3.8, 4) is 0 Å². The predicted molar refractivity (Wildman–Crippen MR) is 148 cm³/mol. The third-order valence-corrected chi connectivity index (χ3v) is 6.20. The first kappa shape index (κ1) is 34.3. The second-order valence-corrected chi connectivity index (χ2v) is 9.67.